The lowest BCUT2D eigenvalue weighted by atomic mass is 9.98. The van der Waals surface area contributed by atoms with E-state index in [2.05, 4.69) is 0 Å². The van der Waals surface area contributed by atoms with E-state index < -0.39 is 0 Å². The molecule has 0 unspecified atom stereocenters. The van der Waals surface area contributed by atoms with Gasteiger partial charge >= 0.3 is 0 Å². The molecule has 0 fully saturated rings. The van der Waals surface area contributed by atoms with Crippen molar-refractivity contribution in [3.05, 3.63) is 112 Å². The Morgan fingerprint density at radius 3 is 1.78 bits per heavy atom. The average Bonchev–Trinajstić information content (AvgIpc) is 3.05. The molecule has 0 atom stereocenters. The molecule has 6 heteroatoms. The number of fused-ring (bicyclic) bond motifs is 1. The van der Waals surface area contributed by atoms with Crippen molar-refractivity contribution >= 4 is 35.0 Å². The summed E-state index contributed by atoms with van der Waals surface area (Å²) in [7, 11) is 0. The van der Waals surface area contributed by atoms with Gasteiger partial charge in [-0.05, 0) is 53.6 Å². The Bertz CT molecular complexity index is 1310. The molecule has 0 radical (unpaired) electrons. The van der Waals surface area contributed by atoms with Gasteiger partial charge < -0.3 is 0 Å². The highest BCUT2D eigenvalue weighted by Gasteiger charge is 2.35. The molecule has 4 nitrogen and oxygen atoms in total. The topological polar surface area (TPSA) is 50.3 Å². The van der Waals surface area contributed by atoms with Crippen molar-refractivity contribution in [2.75, 3.05) is 0 Å². The fourth-order valence-electron chi connectivity index (χ4n) is 3.85. The maximum Gasteiger partial charge on any atom is 0.261 e. The van der Waals surface area contributed by atoms with Crippen LogP contribution < -0.4 is 0 Å². The van der Waals surface area contributed by atoms with Crippen molar-refractivity contribution in [1.29, 1.82) is 0 Å². The summed E-state index contributed by atoms with van der Waals surface area (Å²) in [5, 5.41) is 1.28. The Kier molecular flexibility index (Phi) is 5.25. The van der Waals surface area contributed by atoms with Crippen LogP contribution in [-0.2, 0) is 6.54 Å². The van der Waals surface area contributed by atoms with Gasteiger partial charge in [-0.2, -0.15) is 0 Å². The van der Waals surface area contributed by atoms with Crippen LogP contribution in [0.3, 0.4) is 0 Å². The predicted octanol–water partition coefficient (Wildman–Crippen LogP) is 6.52. The minimum Gasteiger partial charge on any atom is -0.270 e. The van der Waals surface area contributed by atoms with Gasteiger partial charge in [-0.1, -0.05) is 59.6 Å². The minimum absolute atomic E-state index is 0.140. The van der Waals surface area contributed by atoms with Crippen LogP contribution in [0.2, 0.25) is 10.0 Å². The van der Waals surface area contributed by atoms with Crippen molar-refractivity contribution in [1.82, 2.24) is 9.88 Å². The highest BCUT2D eigenvalue weighted by molar-refractivity contribution is 6.31. The molecular weight excluding hydrogens is 443 g/mol. The summed E-state index contributed by atoms with van der Waals surface area (Å²) in [6.07, 6.45) is 1.70. The number of pyridine rings is 1. The van der Waals surface area contributed by atoms with E-state index >= 15 is 0 Å². The van der Waals surface area contributed by atoms with Crippen LogP contribution in [0.25, 0.3) is 22.4 Å². The van der Waals surface area contributed by atoms with Crippen LogP contribution in [0.15, 0.2) is 85.1 Å². The third-order valence-electron chi connectivity index (χ3n) is 5.44. The molecule has 2 heterocycles. The number of imide groups is 1. The van der Waals surface area contributed by atoms with E-state index in [4.69, 9.17) is 28.2 Å². The van der Waals surface area contributed by atoms with E-state index in [1.165, 1.54) is 4.90 Å². The number of rotatable bonds is 4. The largest absolute Gasteiger partial charge is 0.270 e. The molecule has 1 aliphatic heterocycles. The van der Waals surface area contributed by atoms with Gasteiger partial charge in [-0.25, -0.2) is 0 Å². The molecule has 0 bridgehead atoms. The molecule has 0 N–H and O–H groups in total. The molecule has 156 valence electrons. The minimum atomic E-state index is -0.291. The Morgan fingerprint density at radius 2 is 1.22 bits per heavy atom. The van der Waals surface area contributed by atoms with Crippen LogP contribution in [0.1, 0.15) is 26.3 Å². The van der Waals surface area contributed by atoms with Crippen molar-refractivity contribution in [2.24, 2.45) is 0 Å². The molecule has 0 aliphatic carbocycles. The zero-order chi connectivity index (χ0) is 22.2. The van der Waals surface area contributed by atoms with Crippen molar-refractivity contribution < 1.29 is 9.59 Å². The lowest BCUT2D eigenvalue weighted by molar-refractivity contribution is 0.0642. The number of aromatic nitrogens is 1. The van der Waals surface area contributed by atoms with Crippen molar-refractivity contribution in [3.8, 4) is 22.4 Å². The first kappa shape index (κ1) is 20.4. The van der Waals surface area contributed by atoms with Crippen molar-refractivity contribution in [3.63, 3.8) is 0 Å². The molecule has 0 saturated carbocycles. The Balaban J connectivity index is 1.55. The van der Waals surface area contributed by atoms with E-state index in [-0.39, 0.29) is 18.4 Å². The first-order valence-electron chi connectivity index (χ1n) is 9.97. The quantitative estimate of drug-likeness (QED) is 0.327. The first-order valence-corrected chi connectivity index (χ1v) is 10.7. The number of carbonyl (C=O) groups excluding carboxylic acids is 2. The van der Waals surface area contributed by atoms with Crippen LogP contribution in [0.4, 0.5) is 0 Å². The highest BCUT2D eigenvalue weighted by Crippen LogP contribution is 2.33. The number of benzene rings is 3. The number of nitrogens with zero attached hydrogens (tertiary/aromatic N) is 2. The molecule has 32 heavy (non-hydrogen) atoms. The second kappa shape index (κ2) is 8.23. The SMILES string of the molecule is O=C1c2ccccc2C(=O)N1Cc1cnc(-c2ccc(Cl)cc2)c(-c2ccc(Cl)cc2)c1. The molecule has 4 aromatic rings. The molecule has 0 saturated heterocycles. The fraction of sp³-hybridized carbons (Fsp3) is 0.0385. The molecule has 2 amide bonds. The Labute approximate surface area is 195 Å². The first-order chi connectivity index (χ1) is 15.5. The molecule has 5 rings (SSSR count). The summed E-state index contributed by atoms with van der Waals surface area (Å²) in [5.74, 6) is -0.583. The zero-order valence-corrected chi connectivity index (χ0v) is 18.3. The van der Waals surface area contributed by atoms with Gasteiger partial charge in [0.1, 0.15) is 0 Å². The molecule has 1 aromatic heterocycles. The summed E-state index contributed by atoms with van der Waals surface area (Å²) >= 11 is 12.1. The lowest BCUT2D eigenvalue weighted by Crippen LogP contribution is -2.29. The second-order valence-electron chi connectivity index (χ2n) is 7.50. The van der Waals surface area contributed by atoms with Gasteiger partial charge in [0.15, 0.2) is 0 Å². The smallest absolute Gasteiger partial charge is 0.261 e. The second-order valence-corrected chi connectivity index (χ2v) is 8.37. The standard InChI is InChI=1S/C26H16Cl2N2O2/c27-19-9-5-17(6-10-19)23-13-16(14-29-24(23)18-7-11-20(28)12-8-18)15-30-25(31)21-3-1-2-4-22(21)26(30)32/h1-14H,15H2. The Morgan fingerprint density at radius 1 is 0.688 bits per heavy atom. The fourth-order valence-corrected chi connectivity index (χ4v) is 4.10. The summed E-state index contributed by atoms with van der Waals surface area (Å²) in [4.78, 5) is 31.5. The number of amides is 2. The number of hydrogen-bond acceptors (Lipinski definition) is 3. The summed E-state index contributed by atoms with van der Waals surface area (Å²) in [6.45, 7) is 0.140. The molecule has 1 aliphatic rings. The van der Waals surface area contributed by atoms with Gasteiger partial charge in [0.25, 0.3) is 11.8 Å². The van der Waals surface area contributed by atoms with Gasteiger partial charge in [0.2, 0.25) is 0 Å². The van der Waals surface area contributed by atoms with Crippen LogP contribution >= 0.6 is 23.2 Å². The monoisotopic (exact) mass is 458 g/mol. The van der Waals surface area contributed by atoms with E-state index in [1.54, 1.807) is 30.5 Å². The third-order valence-corrected chi connectivity index (χ3v) is 5.94. The normalized spacial score (nSPS) is 12.9. The number of carbonyl (C=O) groups is 2. The van der Waals surface area contributed by atoms with E-state index in [9.17, 15) is 9.59 Å². The summed E-state index contributed by atoms with van der Waals surface area (Å²) < 4.78 is 0. The molecule has 3 aromatic carbocycles. The summed E-state index contributed by atoms with van der Waals surface area (Å²) in [5.41, 5.74) is 5.10. The van der Waals surface area contributed by atoms with E-state index in [0.717, 1.165) is 27.9 Å². The third kappa shape index (κ3) is 3.68. The molecular formula is C26H16Cl2N2O2. The number of hydrogen-bond donors (Lipinski definition) is 0. The highest BCUT2D eigenvalue weighted by atomic mass is 35.5. The maximum absolute atomic E-state index is 12.8. The maximum atomic E-state index is 12.8. The zero-order valence-electron chi connectivity index (χ0n) is 16.8. The summed E-state index contributed by atoms with van der Waals surface area (Å²) in [6, 6.07) is 23.8. The van der Waals surface area contributed by atoms with Gasteiger partial charge in [0, 0.05) is 27.4 Å². The van der Waals surface area contributed by atoms with Gasteiger partial charge in [-0.15, -0.1) is 0 Å². The average molecular weight is 459 g/mol. The predicted molar refractivity (Wildman–Crippen MR) is 126 cm³/mol. The molecule has 0 spiro atoms. The Hall–Kier alpha value is -3.47. The van der Waals surface area contributed by atoms with E-state index in [1.807, 2.05) is 54.6 Å². The van der Waals surface area contributed by atoms with Crippen LogP contribution in [-0.4, -0.2) is 21.7 Å². The van der Waals surface area contributed by atoms with Gasteiger partial charge in [0.05, 0.1) is 23.4 Å². The van der Waals surface area contributed by atoms with Crippen molar-refractivity contribution in [2.45, 2.75) is 6.54 Å². The van der Waals surface area contributed by atoms with Crippen LogP contribution in [0.5, 0.6) is 0 Å². The van der Waals surface area contributed by atoms with Gasteiger partial charge in [-0.3, -0.25) is 19.5 Å². The van der Waals surface area contributed by atoms with Crippen LogP contribution in [0, 0.1) is 0 Å². The lowest BCUT2D eigenvalue weighted by Gasteiger charge is -2.16. The van der Waals surface area contributed by atoms with E-state index in [0.29, 0.717) is 21.2 Å². The number of halogens is 2.